The van der Waals surface area contributed by atoms with Gasteiger partial charge >= 0.3 is 0 Å². The number of amides is 1. The van der Waals surface area contributed by atoms with Crippen molar-refractivity contribution in [3.05, 3.63) is 47.5 Å². The second-order valence-electron chi connectivity index (χ2n) is 6.89. The zero-order valence-electron chi connectivity index (χ0n) is 16.8. The summed E-state index contributed by atoms with van der Waals surface area (Å²) in [5, 5.41) is 1.98. The predicted octanol–water partition coefficient (Wildman–Crippen LogP) is 5.17. The molecule has 2 rings (SSSR count). The molecular weight excluding hydrogens is 326 g/mol. The van der Waals surface area contributed by atoms with E-state index in [2.05, 4.69) is 0 Å². The van der Waals surface area contributed by atoms with Gasteiger partial charge in [0.15, 0.2) is 6.29 Å². The minimum atomic E-state index is -0.547. The number of benzene rings is 2. The largest absolute Gasteiger partial charge is 0.349 e. The summed E-state index contributed by atoms with van der Waals surface area (Å²) in [4.78, 5) is 15.5. The molecule has 1 amide bonds. The standard InChI is InChI=1S/C22H31NO3/c1-7-25-22(26-8-2)19-14-13-17-11-9-10-12-18(17)20(19)21(24)23(15(3)4)16(5)6/h9-16,22H,7-8H2,1-6H3. The average Bonchev–Trinajstić information content (AvgIpc) is 2.59. The molecule has 0 saturated heterocycles. The van der Waals surface area contributed by atoms with Crippen LogP contribution >= 0.6 is 0 Å². The second-order valence-corrected chi connectivity index (χ2v) is 6.89. The van der Waals surface area contributed by atoms with Crippen LogP contribution in [0.2, 0.25) is 0 Å². The molecule has 0 aliphatic carbocycles. The molecule has 0 aliphatic rings. The Balaban J connectivity index is 2.70. The quantitative estimate of drug-likeness (QED) is 0.612. The lowest BCUT2D eigenvalue weighted by molar-refractivity contribution is -0.140. The summed E-state index contributed by atoms with van der Waals surface area (Å²) in [6, 6.07) is 12.2. The minimum absolute atomic E-state index is 0.0196. The van der Waals surface area contributed by atoms with E-state index in [-0.39, 0.29) is 18.0 Å². The monoisotopic (exact) mass is 357 g/mol. The zero-order valence-corrected chi connectivity index (χ0v) is 16.8. The van der Waals surface area contributed by atoms with Crippen LogP contribution in [0.5, 0.6) is 0 Å². The molecule has 0 atom stereocenters. The van der Waals surface area contributed by atoms with Gasteiger partial charge in [0.1, 0.15) is 0 Å². The molecule has 0 fully saturated rings. The fraction of sp³-hybridized carbons (Fsp3) is 0.500. The Morgan fingerprint density at radius 2 is 1.50 bits per heavy atom. The summed E-state index contributed by atoms with van der Waals surface area (Å²) >= 11 is 0. The third-order valence-electron chi connectivity index (χ3n) is 4.41. The summed E-state index contributed by atoms with van der Waals surface area (Å²) in [6.07, 6.45) is -0.547. The molecule has 0 unspecified atom stereocenters. The Morgan fingerprint density at radius 1 is 0.923 bits per heavy atom. The number of fused-ring (bicyclic) bond motifs is 1. The molecule has 0 N–H and O–H groups in total. The van der Waals surface area contributed by atoms with Gasteiger partial charge in [-0.05, 0) is 52.3 Å². The number of hydrogen-bond acceptors (Lipinski definition) is 3. The third kappa shape index (κ3) is 4.25. The molecule has 0 aliphatic heterocycles. The van der Waals surface area contributed by atoms with Crippen molar-refractivity contribution in [2.45, 2.75) is 59.9 Å². The van der Waals surface area contributed by atoms with Gasteiger partial charge in [-0.2, -0.15) is 0 Å². The van der Waals surface area contributed by atoms with Crippen LogP contribution in [-0.4, -0.2) is 36.1 Å². The number of nitrogens with zero attached hydrogens (tertiary/aromatic N) is 1. The first kappa shape index (κ1) is 20.4. The molecular formula is C22H31NO3. The van der Waals surface area contributed by atoms with Crippen molar-refractivity contribution in [3.63, 3.8) is 0 Å². The van der Waals surface area contributed by atoms with Gasteiger partial charge in [0.2, 0.25) is 0 Å². The lowest BCUT2D eigenvalue weighted by atomic mass is 9.96. The van der Waals surface area contributed by atoms with Crippen molar-refractivity contribution in [1.29, 1.82) is 0 Å². The zero-order chi connectivity index (χ0) is 19.3. The van der Waals surface area contributed by atoms with E-state index in [1.165, 1.54) is 0 Å². The Morgan fingerprint density at radius 3 is 2.04 bits per heavy atom. The minimum Gasteiger partial charge on any atom is -0.349 e. The number of hydrogen-bond donors (Lipinski definition) is 0. The van der Waals surface area contributed by atoms with Gasteiger partial charge in [0, 0.05) is 30.9 Å². The van der Waals surface area contributed by atoms with Gasteiger partial charge in [-0.15, -0.1) is 0 Å². The summed E-state index contributed by atoms with van der Waals surface area (Å²) in [5.41, 5.74) is 1.47. The van der Waals surface area contributed by atoms with Crippen LogP contribution in [0, 0.1) is 0 Å². The number of ether oxygens (including phenoxy) is 2. The van der Waals surface area contributed by atoms with E-state index in [0.717, 1.165) is 16.3 Å². The van der Waals surface area contributed by atoms with Gasteiger partial charge in [-0.25, -0.2) is 0 Å². The molecule has 2 aromatic carbocycles. The van der Waals surface area contributed by atoms with Crippen molar-refractivity contribution >= 4 is 16.7 Å². The summed E-state index contributed by atoms with van der Waals surface area (Å²) in [5.74, 6) is 0.0196. The van der Waals surface area contributed by atoms with E-state index in [1.54, 1.807) is 0 Å². The lowest BCUT2D eigenvalue weighted by Gasteiger charge is -2.32. The Kier molecular flexibility index (Phi) is 7.18. The molecule has 0 radical (unpaired) electrons. The first-order valence-corrected chi connectivity index (χ1v) is 9.49. The Hall–Kier alpha value is -1.91. The molecule has 142 valence electrons. The van der Waals surface area contributed by atoms with E-state index in [4.69, 9.17) is 9.47 Å². The number of carbonyl (C=O) groups is 1. The maximum absolute atomic E-state index is 13.6. The highest BCUT2D eigenvalue weighted by Gasteiger charge is 2.28. The molecule has 26 heavy (non-hydrogen) atoms. The second kappa shape index (κ2) is 9.15. The number of carbonyl (C=O) groups excluding carboxylic acids is 1. The Bertz CT molecular complexity index is 725. The highest BCUT2D eigenvalue weighted by molar-refractivity contribution is 6.08. The van der Waals surface area contributed by atoms with Crippen LogP contribution in [-0.2, 0) is 9.47 Å². The Labute approximate surface area is 157 Å². The van der Waals surface area contributed by atoms with Crippen LogP contribution in [0.4, 0.5) is 0 Å². The SMILES string of the molecule is CCOC(OCC)c1ccc2ccccc2c1C(=O)N(C(C)C)C(C)C. The maximum atomic E-state index is 13.6. The van der Waals surface area contributed by atoms with E-state index in [9.17, 15) is 4.79 Å². The predicted molar refractivity (Wildman–Crippen MR) is 106 cm³/mol. The molecule has 0 bridgehead atoms. The molecule has 4 nitrogen and oxygen atoms in total. The third-order valence-corrected chi connectivity index (χ3v) is 4.41. The van der Waals surface area contributed by atoms with Gasteiger partial charge in [-0.3, -0.25) is 4.79 Å². The van der Waals surface area contributed by atoms with E-state index >= 15 is 0 Å². The summed E-state index contributed by atoms with van der Waals surface area (Å²) in [6.45, 7) is 13.1. The van der Waals surface area contributed by atoms with Crippen molar-refractivity contribution < 1.29 is 14.3 Å². The topological polar surface area (TPSA) is 38.8 Å². The van der Waals surface area contributed by atoms with Crippen LogP contribution in [0.1, 0.15) is 63.8 Å². The van der Waals surface area contributed by atoms with Gasteiger partial charge in [-0.1, -0.05) is 36.4 Å². The van der Waals surface area contributed by atoms with Crippen LogP contribution in [0.25, 0.3) is 10.8 Å². The summed E-state index contributed by atoms with van der Waals surface area (Å²) in [7, 11) is 0. The smallest absolute Gasteiger partial charge is 0.255 e. The van der Waals surface area contributed by atoms with Crippen molar-refractivity contribution in [2.75, 3.05) is 13.2 Å². The molecule has 0 heterocycles. The van der Waals surface area contributed by atoms with Gasteiger partial charge in [0.05, 0.1) is 5.56 Å². The highest BCUT2D eigenvalue weighted by Crippen LogP contribution is 2.31. The molecule has 0 aromatic heterocycles. The first-order valence-electron chi connectivity index (χ1n) is 9.49. The van der Waals surface area contributed by atoms with Crippen molar-refractivity contribution in [2.24, 2.45) is 0 Å². The average molecular weight is 357 g/mol. The molecule has 0 spiro atoms. The van der Waals surface area contributed by atoms with Crippen LogP contribution < -0.4 is 0 Å². The fourth-order valence-corrected chi connectivity index (χ4v) is 3.45. The van der Waals surface area contributed by atoms with Crippen LogP contribution in [0.3, 0.4) is 0 Å². The molecule has 4 heteroatoms. The van der Waals surface area contributed by atoms with E-state index < -0.39 is 6.29 Å². The lowest BCUT2D eigenvalue weighted by Crippen LogP contribution is -2.42. The van der Waals surface area contributed by atoms with Crippen LogP contribution in [0.15, 0.2) is 36.4 Å². The maximum Gasteiger partial charge on any atom is 0.255 e. The highest BCUT2D eigenvalue weighted by atomic mass is 16.7. The normalized spacial score (nSPS) is 11.7. The summed E-state index contributed by atoms with van der Waals surface area (Å²) < 4.78 is 11.6. The first-order chi connectivity index (χ1) is 12.4. The fourth-order valence-electron chi connectivity index (χ4n) is 3.45. The van der Waals surface area contributed by atoms with E-state index in [1.807, 2.05) is 82.8 Å². The van der Waals surface area contributed by atoms with Crippen molar-refractivity contribution in [1.82, 2.24) is 4.90 Å². The number of rotatable bonds is 8. The van der Waals surface area contributed by atoms with Crippen molar-refractivity contribution in [3.8, 4) is 0 Å². The molecule has 2 aromatic rings. The van der Waals surface area contributed by atoms with Gasteiger partial charge < -0.3 is 14.4 Å². The van der Waals surface area contributed by atoms with Gasteiger partial charge in [0.25, 0.3) is 5.91 Å². The molecule has 0 saturated carbocycles. The van der Waals surface area contributed by atoms with E-state index in [0.29, 0.717) is 18.8 Å².